The minimum atomic E-state index is 0.716. The van der Waals surface area contributed by atoms with Crippen molar-refractivity contribution in [1.82, 2.24) is 30.5 Å². The number of aromatic amines is 2. The van der Waals surface area contributed by atoms with E-state index in [-0.39, 0.29) is 0 Å². The third kappa shape index (κ3) is 4.80. The Labute approximate surface area is 220 Å². The van der Waals surface area contributed by atoms with E-state index in [4.69, 9.17) is 4.98 Å². The first-order chi connectivity index (χ1) is 18.2. The molecule has 0 aromatic carbocycles. The Morgan fingerprint density at radius 1 is 1.16 bits per heavy atom. The fraction of sp³-hybridized carbons (Fsp3) is 0.233. The fourth-order valence-electron chi connectivity index (χ4n) is 5.25. The maximum absolute atomic E-state index is 5.05. The zero-order valence-electron chi connectivity index (χ0n) is 20.9. The SMILES string of the molecule is C=C/C=C(/c1ccsc1)c1cc(-c2n[nH]c3ccc(-c4cncc(CC5CCNCC5)c4)nc23)[nH]c1C. The van der Waals surface area contributed by atoms with Crippen LogP contribution in [0.1, 0.15) is 35.2 Å². The molecule has 5 aromatic heterocycles. The van der Waals surface area contributed by atoms with Gasteiger partial charge in [-0.2, -0.15) is 16.4 Å². The smallest absolute Gasteiger partial charge is 0.135 e. The molecule has 186 valence electrons. The maximum atomic E-state index is 5.05. The molecule has 1 fully saturated rings. The van der Waals surface area contributed by atoms with E-state index >= 15 is 0 Å². The summed E-state index contributed by atoms with van der Waals surface area (Å²) in [6, 6.07) is 10.6. The van der Waals surface area contributed by atoms with E-state index in [1.165, 1.54) is 24.0 Å². The summed E-state index contributed by atoms with van der Waals surface area (Å²) < 4.78 is 0. The first-order valence-corrected chi connectivity index (χ1v) is 13.7. The van der Waals surface area contributed by atoms with E-state index in [9.17, 15) is 0 Å². The Morgan fingerprint density at radius 3 is 2.86 bits per heavy atom. The van der Waals surface area contributed by atoms with Crippen molar-refractivity contribution in [1.29, 1.82) is 0 Å². The number of piperidine rings is 1. The predicted molar refractivity (Wildman–Crippen MR) is 153 cm³/mol. The average molecular weight is 507 g/mol. The van der Waals surface area contributed by atoms with Crippen LogP contribution in [0.5, 0.6) is 0 Å². The number of hydrogen-bond acceptors (Lipinski definition) is 5. The molecule has 3 N–H and O–H groups in total. The number of nitrogens with zero attached hydrogens (tertiary/aromatic N) is 3. The maximum Gasteiger partial charge on any atom is 0.135 e. The van der Waals surface area contributed by atoms with E-state index in [0.717, 1.165) is 70.0 Å². The Morgan fingerprint density at radius 2 is 2.05 bits per heavy atom. The van der Waals surface area contributed by atoms with E-state index in [1.807, 2.05) is 24.5 Å². The number of fused-ring (bicyclic) bond motifs is 1. The van der Waals surface area contributed by atoms with Crippen molar-refractivity contribution in [2.24, 2.45) is 5.92 Å². The van der Waals surface area contributed by atoms with E-state index in [0.29, 0.717) is 5.92 Å². The highest BCUT2D eigenvalue weighted by molar-refractivity contribution is 7.08. The normalized spacial score (nSPS) is 14.9. The van der Waals surface area contributed by atoms with Crippen molar-refractivity contribution in [3.8, 4) is 22.6 Å². The van der Waals surface area contributed by atoms with Crippen molar-refractivity contribution >= 4 is 27.9 Å². The molecule has 0 unspecified atom stereocenters. The lowest BCUT2D eigenvalue weighted by molar-refractivity contribution is 0.372. The van der Waals surface area contributed by atoms with Crippen LogP contribution in [0, 0.1) is 12.8 Å². The lowest BCUT2D eigenvalue weighted by atomic mass is 9.91. The van der Waals surface area contributed by atoms with Gasteiger partial charge < -0.3 is 10.3 Å². The summed E-state index contributed by atoms with van der Waals surface area (Å²) in [4.78, 5) is 13.1. The van der Waals surface area contributed by atoms with Gasteiger partial charge in [0.15, 0.2) is 0 Å². The Kier molecular flexibility index (Phi) is 6.55. The Hall–Kier alpha value is -3.81. The third-order valence-electron chi connectivity index (χ3n) is 7.16. The van der Waals surface area contributed by atoms with E-state index in [1.54, 1.807) is 11.3 Å². The number of nitrogens with one attached hydrogen (secondary N) is 3. The zero-order valence-corrected chi connectivity index (χ0v) is 21.7. The summed E-state index contributed by atoms with van der Waals surface area (Å²) in [5.41, 5.74) is 11.3. The average Bonchev–Trinajstić information content (AvgIpc) is 3.68. The highest BCUT2D eigenvalue weighted by atomic mass is 32.1. The number of rotatable bonds is 7. The van der Waals surface area contributed by atoms with Gasteiger partial charge in [0.25, 0.3) is 0 Å². The minimum absolute atomic E-state index is 0.716. The predicted octanol–water partition coefficient (Wildman–Crippen LogP) is 6.54. The molecule has 0 amide bonds. The zero-order chi connectivity index (χ0) is 25.2. The molecule has 0 bridgehead atoms. The largest absolute Gasteiger partial charge is 0.357 e. The summed E-state index contributed by atoms with van der Waals surface area (Å²) in [7, 11) is 0. The third-order valence-corrected chi connectivity index (χ3v) is 7.84. The molecule has 1 aliphatic heterocycles. The Bertz CT molecular complexity index is 1570. The number of H-pyrrole nitrogens is 2. The summed E-state index contributed by atoms with van der Waals surface area (Å²) in [6.07, 6.45) is 11.3. The Balaban J connectivity index is 1.34. The van der Waals surface area contributed by atoms with Crippen molar-refractivity contribution in [2.45, 2.75) is 26.2 Å². The first-order valence-electron chi connectivity index (χ1n) is 12.8. The standard InChI is InChI=1S/C30H30N6S/c1-3-4-24(22-9-12-37-18-22)25-15-28(33-19(25)2)30-29-27(35-36-30)6-5-26(34-29)23-14-21(16-32-17-23)13-20-7-10-31-11-8-20/h3-6,9,12,14-18,20,31,33H,1,7-8,10-11,13H2,2H3,(H,35,36)/b24-4-. The number of allylic oxidation sites excluding steroid dienone is 2. The molecular formula is C30H30N6S. The van der Waals surface area contributed by atoms with Gasteiger partial charge in [0.05, 0.1) is 16.9 Å². The van der Waals surface area contributed by atoms with Crippen LogP contribution in [0.3, 0.4) is 0 Å². The second kappa shape index (κ2) is 10.3. The van der Waals surface area contributed by atoms with Crippen LogP contribution in [0.4, 0.5) is 0 Å². The molecule has 7 heteroatoms. The molecule has 0 radical (unpaired) electrons. The summed E-state index contributed by atoms with van der Waals surface area (Å²) in [6.45, 7) is 8.23. The molecule has 37 heavy (non-hydrogen) atoms. The summed E-state index contributed by atoms with van der Waals surface area (Å²) >= 11 is 1.69. The minimum Gasteiger partial charge on any atom is -0.357 e. The number of pyridine rings is 2. The highest BCUT2D eigenvalue weighted by Gasteiger charge is 2.18. The van der Waals surface area contributed by atoms with Crippen LogP contribution >= 0.6 is 11.3 Å². The van der Waals surface area contributed by atoms with Crippen LogP contribution in [0.2, 0.25) is 0 Å². The van der Waals surface area contributed by atoms with Crippen molar-refractivity contribution in [3.05, 3.63) is 94.6 Å². The molecule has 6 rings (SSSR count). The number of hydrogen-bond donors (Lipinski definition) is 3. The molecule has 6 heterocycles. The monoisotopic (exact) mass is 506 g/mol. The van der Waals surface area contributed by atoms with Crippen molar-refractivity contribution < 1.29 is 0 Å². The molecule has 6 nitrogen and oxygen atoms in total. The van der Waals surface area contributed by atoms with Gasteiger partial charge in [-0.15, -0.1) is 0 Å². The molecule has 0 aliphatic carbocycles. The van der Waals surface area contributed by atoms with Gasteiger partial charge in [-0.1, -0.05) is 18.7 Å². The lowest BCUT2D eigenvalue weighted by Gasteiger charge is -2.22. The van der Waals surface area contributed by atoms with Gasteiger partial charge in [-0.3, -0.25) is 10.1 Å². The van der Waals surface area contributed by atoms with Crippen LogP contribution in [0.25, 0.3) is 39.3 Å². The summed E-state index contributed by atoms with van der Waals surface area (Å²) in [5.74, 6) is 0.716. The van der Waals surface area contributed by atoms with E-state index < -0.39 is 0 Å². The second-order valence-corrected chi connectivity index (χ2v) is 10.5. The summed E-state index contributed by atoms with van der Waals surface area (Å²) in [5, 5.41) is 15.5. The quantitative estimate of drug-likeness (QED) is 0.219. The van der Waals surface area contributed by atoms with Crippen LogP contribution in [-0.4, -0.2) is 38.2 Å². The molecular weight excluding hydrogens is 476 g/mol. The van der Waals surface area contributed by atoms with Gasteiger partial charge >= 0.3 is 0 Å². The highest BCUT2D eigenvalue weighted by Crippen LogP contribution is 2.34. The number of aromatic nitrogens is 5. The second-order valence-electron chi connectivity index (χ2n) is 9.69. The molecule has 5 aromatic rings. The molecule has 0 spiro atoms. The van der Waals surface area contributed by atoms with Gasteiger partial charge in [0, 0.05) is 29.2 Å². The van der Waals surface area contributed by atoms with Crippen LogP contribution in [-0.2, 0) is 6.42 Å². The molecule has 1 saturated heterocycles. The molecule has 0 atom stereocenters. The van der Waals surface area contributed by atoms with Gasteiger partial charge in [-0.05, 0) is 103 Å². The van der Waals surface area contributed by atoms with Gasteiger partial charge in [0.1, 0.15) is 11.2 Å². The lowest BCUT2D eigenvalue weighted by Crippen LogP contribution is -2.28. The van der Waals surface area contributed by atoms with Crippen LogP contribution in [0.15, 0.2) is 72.2 Å². The number of aryl methyl sites for hydroxylation is 1. The van der Waals surface area contributed by atoms with Gasteiger partial charge in [-0.25, -0.2) is 4.98 Å². The van der Waals surface area contributed by atoms with Crippen LogP contribution < -0.4 is 5.32 Å². The first kappa shape index (κ1) is 23.6. The van der Waals surface area contributed by atoms with Crippen molar-refractivity contribution in [2.75, 3.05) is 13.1 Å². The topological polar surface area (TPSA) is 82.3 Å². The molecule has 0 saturated carbocycles. The van der Waals surface area contributed by atoms with Gasteiger partial charge in [0.2, 0.25) is 0 Å². The fourth-order valence-corrected chi connectivity index (χ4v) is 5.90. The molecule has 1 aliphatic rings. The van der Waals surface area contributed by atoms with Crippen molar-refractivity contribution in [3.63, 3.8) is 0 Å². The van der Waals surface area contributed by atoms with E-state index in [2.05, 4.69) is 80.1 Å². The number of thiophene rings is 1.